The van der Waals surface area contributed by atoms with E-state index in [1.807, 2.05) is 37.3 Å². The van der Waals surface area contributed by atoms with Crippen LogP contribution in [0.15, 0.2) is 75.9 Å². The Morgan fingerprint density at radius 3 is 2.53 bits per heavy atom. The molecular weight excluding hydrogens is 438 g/mol. The van der Waals surface area contributed by atoms with Crippen molar-refractivity contribution in [2.75, 3.05) is 0 Å². The quantitative estimate of drug-likeness (QED) is 0.234. The van der Waals surface area contributed by atoms with Crippen LogP contribution in [0.5, 0.6) is 11.5 Å². The van der Waals surface area contributed by atoms with Gasteiger partial charge in [0.05, 0.1) is 5.39 Å². The Morgan fingerprint density at radius 2 is 1.76 bits per heavy atom. The Balaban J connectivity index is 1.51. The van der Waals surface area contributed by atoms with Crippen LogP contribution in [0, 0.1) is 0 Å². The molecule has 0 saturated carbocycles. The summed E-state index contributed by atoms with van der Waals surface area (Å²) in [5, 5.41) is 13.3. The standard InChI is InChI=1S/C26H23NO7/c1-2-8-19(27-26(31)32-15-16-9-4-3-5-10-16)25(30)33-17-13-20(28)23-22(14-17)34-21-12-7-6-11-18(21)24(23)29/h3-7,9-14,19,28H,2,8,15H2,1H3,(H,27,31)/t19-/m1/s1. The van der Waals surface area contributed by atoms with Gasteiger partial charge in [0.25, 0.3) is 0 Å². The van der Waals surface area contributed by atoms with Gasteiger partial charge in [-0.25, -0.2) is 9.59 Å². The number of ether oxygens (including phenoxy) is 2. The monoisotopic (exact) mass is 461 g/mol. The molecule has 0 bridgehead atoms. The summed E-state index contributed by atoms with van der Waals surface area (Å²) in [6, 6.07) is 17.4. The molecule has 1 aromatic heterocycles. The normalized spacial score (nSPS) is 11.8. The molecule has 0 aliphatic carbocycles. The molecule has 4 aromatic rings. The largest absolute Gasteiger partial charge is 0.507 e. The minimum atomic E-state index is -0.963. The predicted octanol–water partition coefficient (Wildman–Crippen LogP) is 4.65. The number of esters is 1. The van der Waals surface area contributed by atoms with E-state index < -0.39 is 18.1 Å². The van der Waals surface area contributed by atoms with Gasteiger partial charge in [-0.3, -0.25) is 4.79 Å². The molecule has 34 heavy (non-hydrogen) atoms. The van der Waals surface area contributed by atoms with Crippen molar-refractivity contribution in [2.24, 2.45) is 0 Å². The maximum absolute atomic E-state index is 12.8. The molecule has 174 valence electrons. The molecule has 0 saturated heterocycles. The first-order chi connectivity index (χ1) is 16.5. The third-order valence-electron chi connectivity index (χ3n) is 5.22. The maximum Gasteiger partial charge on any atom is 0.408 e. The third-order valence-corrected chi connectivity index (χ3v) is 5.22. The highest BCUT2D eigenvalue weighted by Gasteiger charge is 2.24. The zero-order valence-electron chi connectivity index (χ0n) is 18.4. The highest BCUT2D eigenvalue weighted by Crippen LogP contribution is 2.30. The fourth-order valence-corrected chi connectivity index (χ4v) is 3.57. The number of amides is 1. The van der Waals surface area contributed by atoms with E-state index in [4.69, 9.17) is 13.9 Å². The van der Waals surface area contributed by atoms with Crippen LogP contribution >= 0.6 is 0 Å². The number of para-hydroxylation sites is 1. The summed E-state index contributed by atoms with van der Waals surface area (Å²) in [5.41, 5.74) is 0.843. The number of aromatic hydroxyl groups is 1. The number of hydrogen-bond acceptors (Lipinski definition) is 7. The molecule has 8 heteroatoms. The molecule has 0 radical (unpaired) electrons. The van der Waals surface area contributed by atoms with Crippen LogP contribution in [0.4, 0.5) is 4.79 Å². The van der Waals surface area contributed by atoms with Gasteiger partial charge < -0.3 is 24.3 Å². The van der Waals surface area contributed by atoms with Gasteiger partial charge in [-0.05, 0) is 24.1 Å². The van der Waals surface area contributed by atoms with Crippen molar-refractivity contribution in [3.05, 3.63) is 82.5 Å². The van der Waals surface area contributed by atoms with E-state index in [2.05, 4.69) is 5.32 Å². The van der Waals surface area contributed by atoms with E-state index in [1.165, 1.54) is 12.1 Å². The zero-order chi connectivity index (χ0) is 24.1. The number of phenolic OH excluding ortho intramolecular Hbond substituents is 1. The number of hydrogen-bond donors (Lipinski definition) is 2. The molecule has 8 nitrogen and oxygen atoms in total. The highest BCUT2D eigenvalue weighted by molar-refractivity contribution is 5.94. The average molecular weight is 461 g/mol. The number of fused-ring (bicyclic) bond motifs is 2. The van der Waals surface area contributed by atoms with Gasteiger partial charge in [0, 0.05) is 12.1 Å². The summed E-state index contributed by atoms with van der Waals surface area (Å²) in [6.07, 6.45) is 0.166. The number of carbonyl (C=O) groups is 2. The lowest BCUT2D eigenvalue weighted by Gasteiger charge is -2.17. The van der Waals surface area contributed by atoms with Crippen molar-refractivity contribution in [1.29, 1.82) is 0 Å². The Bertz CT molecular complexity index is 1400. The third kappa shape index (κ3) is 5.01. The minimum Gasteiger partial charge on any atom is -0.507 e. The van der Waals surface area contributed by atoms with Gasteiger partial charge in [-0.2, -0.15) is 0 Å². The van der Waals surface area contributed by atoms with Gasteiger partial charge in [-0.1, -0.05) is 55.8 Å². The molecule has 0 aliphatic rings. The molecule has 2 N–H and O–H groups in total. The highest BCUT2D eigenvalue weighted by atomic mass is 16.6. The lowest BCUT2D eigenvalue weighted by atomic mass is 10.1. The molecule has 0 unspecified atom stereocenters. The summed E-state index contributed by atoms with van der Waals surface area (Å²) in [5.74, 6) is -1.13. The topological polar surface area (TPSA) is 115 Å². The zero-order valence-corrected chi connectivity index (χ0v) is 18.4. The van der Waals surface area contributed by atoms with Crippen LogP contribution in [0.2, 0.25) is 0 Å². The molecule has 4 rings (SSSR count). The SMILES string of the molecule is CCC[C@@H](NC(=O)OCc1ccccc1)C(=O)Oc1cc(O)c2c(=O)c3ccccc3oc2c1. The summed E-state index contributed by atoms with van der Waals surface area (Å²) in [6.45, 7) is 1.92. The number of phenols is 1. The van der Waals surface area contributed by atoms with Crippen LogP contribution in [-0.2, 0) is 16.1 Å². The second kappa shape index (κ2) is 10.1. The fourth-order valence-electron chi connectivity index (χ4n) is 3.57. The van der Waals surface area contributed by atoms with E-state index in [-0.39, 0.29) is 34.5 Å². The molecule has 1 amide bonds. The van der Waals surface area contributed by atoms with Crippen molar-refractivity contribution in [2.45, 2.75) is 32.4 Å². The van der Waals surface area contributed by atoms with Gasteiger partial charge in [0.15, 0.2) is 0 Å². The smallest absolute Gasteiger partial charge is 0.408 e. The molecule has 3 aromatic carbocycles. The van der Waals surface area contributed by atoms with E-state index >= 15 is 0 Å². The van der Waals surface area contributed by atoms with Crippen LogP contribution in [0.1, 0.15) is 25.3 Å². The number of alkyl carbamates (subject to hydrolysis) is 1. The van der Waals surface area contributed by atoms with Crippen molar-refractivity contribution in [1.82, 2.24) is 5.32 Å². The lowest BCUT2D eigenvalue weighted by Crippen LogP contribution is -2.43. The lowest BCUT2D eigenvalue weighted by molar-refractivity contribution is -0.136. The van der Waals surface area contributed by atoms with Gasteiger partial charge >= 0.3 is 12.1 Å². The molecule has 0 fully saturated rings. The van der Waals surface area contributed by atoms with Crippen molar-refractivity contribution in [3.8, 4) is 11.5 Å². The second-order valence-electron chi connectivity index (χ2n) is 7.71. The predicted molar refractivity (Wildman–Crippen MR) is 126 cm³/mol. The average Bonchev–Trinajstić information content (AvgIpc) is 2.83. The number of rotatable bonds is 7. The van der Waals surface area contributed by atoms with E-state index in [0.717, 1.165) is 5.56 Å². The molecule has 0 aliphatic heterocycles. The Hall–Kier alpha value is -4.33. The Morgan fingerprint density at radius 1 is 1.03 bits per heavy atom. The summed E-state index contributed by atoms with van der Waals surface area (Å²) in [7, 11) is 0. The summed E-state index contributed by atoms with van der Waals surface area (Å²) < 4.78 is 16.3. The van der Waals surface area contributed by atoms with Crippen LogP contribution in [-0.4, -0.2) is 23.2 Å². The Labute approximate surface area is 194 Å². The van der Waals surface area contributed by atoms with Crippen LogP contribution in [0.3, 0.4) is 0 Å². The molecule has 1 heterocycles. The number of nitrogens with one attached hydrogen (secondary N) is 1. The van der Waals surface area contributed by atoms with Crippen LogP contribution in [0.25, 0.3) is 21.9 Å². The number of benzene rings is 3. The van der Waals surface area contributed by atoms with Crippen molar-refractivity contribution >= 4 is 34.0 Å². The molecule has 1 atom stereocenters. The van der Waals surface area contributed by atoms with Gasteiger partial charge in [0.2, 0.25) is 5.43 Å². The molecular formula is C26H23NO7. The first kappa shape index (κ1) is 22.8. The van der Waals surface area contributed by atoms with E-state index in [0.29, 0.717) is 23.8 Å². The fraction of sp³-hybridized carbons (Fsp3) is 0.192. The van der Waals surface area contributed by atoms with Gasteiger partial charge in [-0.15, -0.1) is 0 Å². The second-order valence-corrected chi connectivity index (χ2v) is 7.71. The van der Waals surface area contributed by atoms with Gasteiger partial charge in [0.1, 0.15) is 40.7 Å². The first-order valence-corrected chi connectivity index (χ1v) is 10.8. The Kier molecular flexibility index (Phi) is 6.77. The molecule has 0 spiro atoms. The maximum atomic E-state index is 12.8. The van der Waals surface area contributed by atoms with E-state index in [1.54, 1.807) is 24.3 Å². The number of carbonyl (C=O) groups excluding carboxylic acids is 2. The minimum absolute atomic E-state index is 0.00813. The van der Waals surface area contributed by atoms with E-state index in [9.17, 15) is 19.5 Å². The summed E-state index contributed by atoms with van der Waals surface area (Å²) in [4.78, 5) is 37.7. The van der Waals surface area contributed by atoms with Crippen molar-refractivity contribution < 1.29 is 28.6 Å². The van der Waals surface area contributed by atoms with Crippen LogP contribution < -0.4 is 15.5 Å². The summed E-state index contributed by atoms with van der Waals surface area (Å²) >= 11 is 0. The first-order valence-electron chi connectivity index (χ1n) is 10.8. The van der Waals surface area contributed by atoms with Crippen molar-refractivity contribution in [3.63, 3.8) is 0 Å².